The molecule has 0 aromatic heterocycles. The molecule has 1 aromatic rings. The summed E-state index contributed by atoms with van der Waals surface area (Å²) in [6.45, 7) is 2.56. The van der Waals surface area contributed by atoms with Crippen LogP contribution in [0, 0.1) is 5.92 Å². The van der Waals surface area contributed by atoms with E-state index < -0.39 is 5.91 Å². The molecule has 1 atom stereocenters. The number of primary amides is 1. The molecule has 1 fully saturated rings. The lowest BCUT2D eigenvalue weighted by Gasteiger charge is -2.20. The van der Waals surface area contributed by atoms with Crippen molar-refractivity contribution in [1.29, 1.82) is 0 Å². The van der Waals surface area contributed by atoms with Crippen LogP contribution in [0.25, 0.3) is 0 Å². The Morgan fingerprint density at radius 1 is 1.36 bits per heavy atom. The molecule has 1 saturated heterocycles. The molecule has 2 N–H and O–H groups in total. The number of amides is 2. The van der Waals surface area contributed by atoms with Gasteiger partial charge in [-0.15, -0.1) is 0 Å². The predicted octanol–water partition coefficient (Wildman–Crippen LogP) is 1.05. The van der Waals surface area contributed by atoms with E-state index in [9.17, 15) is 9.59 Å². The van der Waals surface area contributed by atoms with Gasteiger partial charge in [-0.05, 0) is 30.7 Å². The normalized spacial score (nSPS) is 17.2. The highest BCUT2D eigenvalue weighted by atomic mass is 16.5. The van der Waals surface area contributed by atoms with Gasteiger partial charge in [0.15, 0.2) is 0 Å². The van der Waals surface area contributed by atoms with Crippen LogP contribution >= 0.6 is 0 Å². The summed E-state index contributed by atoms with van der Waals surface area (Å²) in [5.41, 5.74) is 5.60. The molecular formula is C16H22N2O4. The van der Waals surface area contributed by atoms with Gasteiger partial charge < -0.3 is 20.1 Å². The third-order valence-corrected chi connectivity index (χ3v) is 3.71. The van der Waals surface area contributed by atoms with Crippen LogP contribution in [0.2, 0.25) is 0 Å². The maximum Gasteiger partial charge on any atom is 0.248 e. The average molecular weight is 306 g/mol. The summed E-state index contributed by atoms with van der Waals surface area (Å²) in [5.74, 6) is 0.640. The molecule has 1 aromatic carbocycles. The Morgan fingerprint density at radius 2 is 2.09 bits per heavy atom. The van der Waals surface area contributed by atoms with Crippen molar-refractivity contribution in [1.82, 2.24) is 4.90 Å². The van der Waals surface area contributed by atoms with Crippen molar-refractivity contribution in [3.05, 3.63) is 29.8 Å². The van der Waals surface area contributed by atoms with Gasteiger partial charge in [-0.1, -0.05) is 0 Å². The molecule has 0 bridgehead atoms. The Kier molecular flexibility index (Phi) is 5.77. The maximum atomic E-state index is 12.0. The number of hydrogen-bond donors (Lipinski definition) is 1. The smallest absolute Gasteiger partial charge is 0.248 e. The second kappa shape index (κ2) is 7.79. The molecule has 120 valence electrons. The van der Waals surface area contributed by atoms with E-state index in [4.69, 9.17) is 15.2 Å². The standard InChI is InChI=1S/C16H22N2O4/c1-18(10-12-6-8-21-11-12)15(19)7-9-22-14-4-2-13(3-5-14)16(17)20/h2-5,12H,6-11H2,1H3,(H2,17,20)/t12-/m0/s1. The molecule has 6 heteroatoms. The van der Waals surface area contributed by atoms with Crippen LogP contribution in [0.3, 0.4) is 0 Å². The molecule has 1 aliphatic rings. The first-order valence-electron chi connectivity index (χ1n) is 7.40. The van der Waals surface area contributed by atoms with Crippen LogP contribution < -0.4 is 10.5 Å². The molecule has 2 amide bonds. The third kappa shape index (κ3) is 4.73. The lowest BCUT2D eigenvalue weighted by Crippen LogP contribution is -2.32. The number of carbonyl (C=O) groups excluding carboxylic acids is 2. The van der Waals surface area contributed by atoms with Crippen molar-refractivity contribution in [3.63, 3.8) is 0 Å². The van der Waals surface area contributed by atoms with Crippen LogP contribution in [-0.2, 0) is 9.53 Å². The van der Waals surface area contributed by atoms with E-state index in [1.165, 1.54) is 0 Å². The van der Waals surface area contributed by atoms with E-state index in [1.54, 1.807) is 29.2 Å². The Balaban J connectivity index is 1.70. The number of carbonyl (C=O) groups is 2. The van der Waals surface area contributed by atoms with Crippen molar-refractivity contribution in [3.8, 4) is 5.75 Å². The lowest BCUT2D eigenvalue weighted by atomic mass is 10.1. The van der Waals surface area contributed by atoms with Gasteiger partial charge in [-0.2, -0.15) is 0 Å². The van der Waals surface area contributed by atoms with Crippen LogP contribution in [0.15, 0.2) is 24.3 Å². The minimum Gasteiger partial charge on any atom is -0.493 e. The first kappa shape index (κ1) is 16.3. The average Bonchev–Trinajstić information content (AvgIpc) is 3.00. The number of nitrogens with zero attached hydrogens (tertiary/aromatic N) is 1. The first-order chi connectivity index (χ1) is 10.6. The second-order valence-corrected chi connectivity index (χ2v) is 5.49. The van der Waals surface area contributed by atoms with E-state index >= 15 is 0 Å². The summed E-state index contributed by atoms with van der Waals surface area (Å²) in [5, 5.41) is 0. The van der Waals surface area contributed by atoms with E-state index in [1.807, 2.05) is 7.05 Å². The van der Waals surface area contributed by atoms with Crippen molar-refractivity contribution in [2.45, 2.75) is 12.8 Å². The molecule has 0 saturated carbocycles. The van der Waals surface area contributed by atoms with Gasteiger partial charge in [0, 0.05) is 31.7 Å². The van der Waals surface area contributed by atoms with Gasteiger partial charge in [-0.25, -0.2) is 0 Å². The van der Waals surface area contributed by atoms with Crippen LogP contribution in [0.4, 0.5) is 0 Å². The molecule has 0 spiro atoms. The molecule has 0 unspecified atom stereocenters. The van der Waals surface area contributed by atoms with Crippen molar-refractivity contribution in [2.24, 2.45) is 11.7 Å². The first-order valence-corrected chi connectivity index (χ1v) is 7.40. The number of benzene rings is 1. The number of ether oxygens (including phenoxy) is 2. The molecule has 2 rings (SSSR count). The zero-order valence-corrected chi connectivity index (χ0v) is 12.8. The predicted molar refractivity (Wildman–Crippen MR) is 81.6 cm³/mol. The molecule has 1 aliphatic heterocycles. The summed E-state index contributed by atoms with van der Waals surface area (Å²) < 4.78 is 10.8. The fourth-order valence-corrected chi connectivity index (χ4v) is 2.38. The lowest BCUT2D eigenvalue weighted by molar-refractivity contribution is -0.131. The van der Waals surface area contributed by atoms with Crippen molar-refractivity contribution >= 4 is 11.8 Å². The van der Waals surface area contributed by atoms with E-state index in [2.05, 4.69) is 0 Å². The van der Waals surface area contributed by atoms with E-state index in [0.717, 1.165) is 26.2 Å². The molecule has 1 heterocycles. The summed E-state index contributed by atoms with van der Waals surface area (Å²) in [6, 6.07) is 6.55. The zero-order chi connectivity index (χ0) is 15.9. The van der Waals surface area contributed by atoms with Gasteiger partial charge in [0.1, 0.15) is 5.75 Å². The molecule has 22 heavy (non-hydrogen) atoms. The van der Waals surface area contributed by atoms with Crippen LogP contribution in [0.5, 0.6) is 5.75 Å². The van der Waals surface area contributed by atoms with Crippen LogP contribution in [0.1, 0.15) is 23.2 Å². The quantitative estimate of drug-likeness (QED) is 0.816. The Bertz CT molecular complexity index is 509. The van der Waals surface area contributed by atoms with Gasteiger partial charge >= 0.3 is 0 Å². The Labute approximate surface area is 130 Å². The fraction of sp³-hybridized carbons (Fsp3) is 0.500. The maximum absolute atomic E-state index is 12.0. The molecular weight excluding hydrogens is 284 g/mol. The van der Waals surface area contributed by atoms with Gasteiger partial charge in [0.2, 0.25) is 11.8 Å². The molecule has 0 aliphatic carbocycles. The van der Waals surface area contributed by atoms with Gasteiger partial charge in [0.25, 0.3) is 0 Å². The summed E-state index contributed by atoms with van der Waals surface area (Å²) in [4.78, 5) is 24.7. The van der Waals surface area contributed by atoms with Gasteiger partial charge in [-0.3, -0.25) is 9.59 Å². The SMILES string of the molecule is CN(C[C@@H]1CCOC1)C(=O)CCOc1ccc(C(N)=O)cc1. The monoisotopic (exact) mass is 306 g/mol. The van der Waals surface area contributed by atoms with E-state index in [0.29, 0.717) is 30.3 Å². The Hall–Kier alpha value is -2.08. The van der Waals surface area contributed by atoms with Gasteiger partial charge in [0.05, 0.1) is 19.6 Å². The number of hydrogen-bond acceptors (Lipinski definition) is 4. The topological polar surface area (TPSA) is 81.9 Å². The largest absolute Gasteiger partial charge is 0.493 e. The fourth-order valence-electron chi connectivity index (χ4n) is 2.38. The second-order valence-electron chi connectivity index (χ2n) is 5.49. The number of nitrogens with two attached hydrogens (primary N) is 1. The highest BCUT2D eigenvalue weighted by molar-refractivity contribution is 5.92. The Morgan fingerprint density at radius 3 is 2.68 bits per heavy atom. The zero-order valence-electron chi connectivity index (χ0n) is 12.8. The minimum atomic E-state index is -0.473. The highest BCUT2D eigenvalue weighted by Gasteiger charge is 2.19. The summed E-state index contributed by atoms with van der Waals surface area (Å²) in [6.07, 6.45) is 1.34. The van der Waals surface area contributed by atoms with Crippen LogP contribution in [-0.4, -0.2) is 50.1 Å². The molecule has 0 radical (unpaired) electrons. The van der Waals surface area contributed by atoms with Crippen molar-refractivity contribution in [2.75, 3.05) is 33.4 Å². The molecule has 6 nitrogen and oxygen atoms in total. The minimum absolute atomic E-state index is 0.0562. The summed E-state index contributed by atoms with van der Waals surface area (Å²) in [7, 11) is 1.81. The highest BCUT2D eigenvalue weighted by Crippen LogP contribution is 2.14. The van der Waals surface area contributed by atoms with E-state index in [-0.39, 0.29) is 5.91 Å². The summed E-state index contributed by atoms with van der Waals surface area (Å²) >= 11 is 0. The number of rotatable bonds is 7. The third-order valence-electron chi connectivity index (χ3n) is 3.71. The van der Waals surface area contributed by atoms with Crippen molar-refractivity contribution < 1.29 is 19.1 Å².